The monoisotopic (exact) mass is 485 g/mol. The number of amides is 2. The van der Waals surface area contributed by atoms with Gasteiger partial charge in [-0.1, -0.05) is 6.07 Å². The standard InChI is InChI=1S/C21H22F3N3O5S/c22-21(23,24)16-3-1-5-18(12-16)33(30,31)27-8-6-25(7-9-27)20(29)15-11-19(28)26(13-15)14-17-4-2-10-32-17/h1-5,10,12,15H,6-9,11,13-14H2. The van der Waals surface area contributed by atoms with Crippen molar-refractivity contribution in [2.24, 2.45) is 5.92 Å². The van der Waals surface area contributed by atoms with Crippen LogP contribution in [0.25, 0.3) is 0 Å². The first-order valence-corrected chi connectivity index (χ1v) is 11.8. The lowest BCUT2D eigenvalue weighted by atomic mass is 10.1. The molecule has 1 aromatic heterocycles. The summed E-state index contributed by atoms with van der Waals surface area (Å²) >= 11 is 0. The highest BCUT2D eigenvalue weighted by molar-refractivity contribution is 7.89. The SMILES string of the molecule is O=C1CC(C(=O)N2CCN(S(=O)(=O)c3cccc(C(F)(F)F)c3)CC2)CN1Cc1ccco1. The molecule has 2 aliphatic rings. The van der Waals surface area contributed by atoms with Gasteiger partial charge in [-0.15, -0.1) is 0 Å². The van der Waals surface area contributed by atoms with Gasteiger partial charge >= 0.3 is 6.18 Å². The second-order valence-corrected chi connectivity index (χ2v) is 9.95. The first-order valence-electron chi connectivity index (χ1n) is 10.3. The molecule has 2 aliphatic heterocycles. The van der Waals surface area contributed by atoms with E-state index in [0.29, 0.717) is 11.8 Å². The predicted molar refractivity (Wildman–Crippen MR) is 109 cm³/mol. The molecule has 1 aromatic carbocycles. The van der Waals surface area contributed by atoms with E-state index in [2.05, 4.69) is 0 Å². The fourth-order valence-corrected chi connectivity index (χ4v) is 5.54. The number of rotatable bonds is 5. The lowest BCUT2D eigenvalue weighted by molar-refractivity contribution is -0.138. The summed E-state index contributed by atoms with van der Waals surface area (Å²) < 4.78 is 70.9. The van der Waals surface area contributed by atoms with Gasteiger partial charge in [0.1, 0.15) is 5.76 Å². The number of hydrogen-bond donors (Lipinski definition) is 0. The Hall–Kier alpha value is -2.86. The first-order chi connectivity index (χ1) is 15.6. The average Bonchev–Trinajstić information content (AvgIpc) is 3.43. The van der Waals surface area contributed by atoms with Gasteiger partial charge in [0.15, 0.2) is 0 Å². The molecule has 0 N–H and O–H groups in total. The van der Waals surface area contributed by atoms with E-state index in [4.69, 9.17) is 4.42 Å². The molecule has 1 unspecified atom stereocenters. The van der Waals surface area contributed by atoms with Crippen molar-refractivity contribution in [2.75, 3.05) is 32.7 Å². The molecule has 0 saturated carbocycles. The maximum Gasteiger partial charge on any atom is 0.416 e. The van der Waals surface area contributed by atoms with Crippen LogP contribution >= 0.6 is 0 Å². The highest BCUT2D eigenvalue weighted by Gasteiger charge is 2.39. The number of nitrogens with zero attached hydrogens (tertiary/aromatic N) is 3. The normalized spacial score (nSPS) is 20.5. The molecule has 12 heteroatoms. The van der Waals surface area contributed by atoms with Gasteiger partial charge in [0.25, 0.3) is 0 Å². The molecule has 8 nitrogen and oxygen atoms in total. The smallest absolute Gasteiger partial charge is 0.416 e. The minimum atomic E-state index is -4.65. The van der Waals surface area contributed by atoms with Crippen molar-refractivity contribution in [3.63, 3.8) is 0 Å². The molecule has 0 spiro atoms. The van der Waals surface area contributed by atoms with Gasteiger partial charge in [-0.3, -0.25) is 9.59 Å². The summed E-state index contributed by atoms with van der Waals surface area (Å²) in [5, 5.41) is 0. The van der Waals surface area contributed by atoms with E-state index >= 15 is 0 Å². The Balaban J connectivity index is 1.37. The average molecular weight is 485 g/mol. The van der Waals surface area contributed by atoms with E-state index in [1.165, 1.54) is 11.2 Å². The summed E-state index contributed by atoms with van der Waals surface area (Å²) in [6.07, 6.45) is -3.08. The van der Waals surface area contributed by atoms with Crippen LogP contribution in [0, 0.1) is 5.92 Å². The van der Waals surface area contributed by atoms with E-state index in [1.807, 2.05) is 0 Å². The van der Waals surface area contributed by atoms with Crippen LogP contribution in [0.4, 0.5) is 13.2 Å². The number of halogens is 3. The minimum Gasteiger partial charge on any atom is -0.467 e. The van der Waals surface area contributed by atoms with Crippen LogP contribution in [0.3, 0.4) is 0 Å². The molecule has 0 radical (unpaired) electrons. The molecule has 0 bridgehead atoms. The van der Waals surface area contributed by atoms with Gasteiger partial charge in [-0.25, -0.2) is 8.42 Å². The number of likely N-dealkylation sites (tertiary alicyclic amines) is 1. The van der Waals surface area contributed by atoms with E-state index < -0.39 is 32.6 Å². The molecule has 33 heavy (non-hydrogen) atoms. The molecule has 0 aliphatic carbocycles. The Morgan fingerprint density at radius 1 is 1.09 bits per heavy atom. The summed E-state index contributed by atoms with van der Waals surface area (Å²) in [6, 6.07) is 7.07. The molecular weight excluding hydrogens is 463 g/mol. The van der Waals surface area contributed by atoms with Gasteiger partial charge in [-0.05, 0) is 30.3 Å². The van der Waals surface area contributed by atoms with Crippen molar-refractivity contribution in [1.82, 2.24) is 14.1 Å². The van der Waals surface area contributed by atoms with Gasteiger partial charge in [-0.2, -0.15) is 17.5 Å². The number of carbonyl (C=O) groups is 2. The highest BCUT2D eigenvalue weighted by Crippen LogP contribution is 2.31. The van der Waals surface area contributed by atoms with E-state index in [-0.39, 0.29) is 57.5 Å². The van der Waals surface area contributed by atoms with E-state index in [1.54, 1.807) is 17.0 Å². The van der Waals surface area contributed by atoms with Crippen LogP contribution in [-0.2, 0) is 32.3 Å². The number of carbonyl (C=O) groups excluding carboxylic acids is 2. The van der Waals surface area contributed by atoms with E-state index in [9.17, 15) is 31.2 Å². The van der Waals surface area contributed by atoms with Gasteiger partial charge in [0.2, 0.25) is 21.8 Å². The summed E-state index contributed by atoms with van der Waals surface area (Å²) in [5.74, 6) is -0.305. The zero-order valence-electron chi connectivity index (χ0n) is 17.5. The van der Waals surface area contributed by atoms with Crippen molar-refractivity contribution >= 4 is 21.8 Å². The van der Waals surface area contributed by atoms with Crippen LogP contribution in [-0.4, -0.2) is 67.1 Å². The Labute approximate surface area is 188 Å². The summed E-state index contributed by atoms with van der Waals surface area (Å²) in [6.45, 7) is 0.641. The third-order valence-electron chi connectivity index (χ3n) is 5.84. The number of hydrogen-bond acceptors (Lipinski definition) is 5. The zero-order valence-corrected chi connectivity index (χ0v) is 18.3. The fourth-order valence-electron chi connectivity index (χ4n) is 4.07. The van der Waals surface area contributed by atoms with E-state index in [0.717, 1.165) is 22.5 Å². The lowest BCUT2D eigenvalue weighted by Gasteiger charge is -2.35. The molecular formula is C21H22F3N3O5S. The number of sulfonamides is 1. The molecule has 2 aromatic rings. The minimum absolute atomic E-state index is 0.0406. The Morgan fingerprint density at radius 3 is 2.45 bits per heavy atom. The van der Waals surface area contributed by atoms with Crippen molar-refractivity contribution < 1.29 is 35.6 Å². The molecule has 3 heterocycles. The maximum absolute atomic E-state index is 13.0. The zero-order chi connectivity index (χ0) is 23.8. The van der Waals surface area contributed by atoms with Crippen molar-refractivity contribution in [3.8, 4) is 0 Å². The van der Waals surface area contributed by atoms with Crippen LogP contribution in [0.15, 0.2) is 52.0 Å². The van der Waals surface area contributed by atoms with Crippen molar-refractivity contribution in [2.45, 2.75) is 24.0 Å². The Bertz CT molecular complexity index is 1130. The molecule has 2 fully saturated rings. The maximum atomic E-state index is 13.0. The lowest BCUT2D eigenvalue weighted by Crippen LogP contribution is -2.52. The van der Waals surface area contributed by atoms with Gasteiger partial charge in [0.05, 0.1) is 29.2 Å². The molecule has 178 valence electrons. The third-order valence-corrected chi connectivity index (χ3v) is 7.73. The highest BCUT2D eigenvalue weighted by atomic mass is 32.2. The number of piperazine rings is 1. The van der Waals surface area contributed by atoms with Crippen molar-refractivity contribution in [3.05, 3.63) is 54.0 Å². The Kier molecular flexibility index (Phi) is 6.23. The second-order valence-electron chi connectivity index (χ2n) is 8.01. The summed E-state index contributed by atoms with van der Waals surface area (Å²) in [7, 11) is -4.14. The molecule has 2 amide bonds. The quantitative estimate of drug-likeness (QED) is 0.648. The number of alkyl halides is 3. The third kappa shape index (κ3) is 4.91. The molecule has 2 saturated heterocycles. The predicted octanol–water partition coefficient (Wildman–Crippen LogP) is 2.18. The number of benzene rings is 1. The largest absolute Gasteiger partial charge is 0.467 e. The second kappa shape index (κ2) is 8.82. The summed E-state index contributed by atoms with van der Waals surface area (Å²) in [5.41, 5.74) is -1.04. The fraction of sp³-hybridized carbons (Fsp3) is 0.429. The molecule has 1 atom stereocenters. The van der Waals surface area contributed by atoms with Gasteiger partial charge < -0.3 is 14.2 Å². The summed E-state index contributed by atoms with van der Waals surface area (Å²) in [4.78, 5) is 27.8. The Morgan fingerprint density at radius 2 is 1.82 bits per heavy atom. The topological polar surface area (TPSA) is 91.1 Å². The van der Waals surface area contributed by atoms with Crippen molar-refractivity contribution in [1.29, 1.82) is 0 Å². The van der Waals surface area contributed by atoms with Crippen LogP contribution in [0.5, 0.6) is 0 Å². The van der Waals surface area contributed by atoms with Crippen LogP contribution in [0.1, 0.15) is 17.7 Å². The van der Waals surface area contributed by atoms with Crippen LogP contribution in [0.2, 0.25) is 0 Å². The van der Waals surface area contributed by atoms with Crippen LogP contribution < -0.4 is 0 Å². The number of furan rings is 1. The first kappa shape index (κ1) is 23.3. The van der Waals surface area contributed by atoms with Gasteiger partial charge in [0, 0.05) is 39.1 Å². The molecule has 4 rings (SSSR count).